The van der Waals surface area contributed by atoms with Crippen LogP contribution in [0.15, 0.2) is 61.7 Å². The lowest BCUT2D eigenvalue weighted by Crippen LogP contribution is -2.03. The van der Waals surface area contributed by atoms with Crippen LogP contribution in [-0.4, -0.2) is 9.91 Å². The van der Waals surface area contributed by atoms with E-state index in [-0.39, 0.29) is 22.4 Å². The molecule has 4 rings (SSSR count). The van der Waals surface area contributed by atoms with Crippen molar-refractivity contribution in [3.8, 4) is 17.3 Å². The number of benzene rings is 1. The molecular weight excluding hydrogens is 382 g/mol. The van der Waals surface area contributed by atoms with Crippen LogP contribution in [0.1, 0.15) is 10.8 Å². The minimum atomic E-state index is -0.619. The van der Waals surface area contributed by atoms with Crippen LogP contribution in [0.5, 0.6) is 0 Å². The molecule has 4 aromatic rings. The van der Waals surface area contributed by atoms with E-state index in [2.05, 4.69) is 11.1 Å². The molecule has 0 aliphatic rings. The molecule has 0 spiro atoms. The molecule has 136 valence electrons. The third-order valence-electron chi connectivity index (χ3n) is 3.89. The third-order valence-corrected chi connectivity index (χ3v) is 4.76. The molecule has 1 aromatic carbocycles. The molecule has 0 saturated carbocycles. The fourth-order valence-corrected chi connectivity index (χ4v) is 3.37. The van der Waals surface area contributed by atoms with Crippen LogP contribution in [-0.2, 0) is 0 Å². The quantitative estimate of drug-likeness (QED) is 0.217. The number of non-ortho nitro benzene ring substituents is 1. The van der Waals surface area contributed by atoms with Crippen LogP contribution < -0.4 is 5.63 Å². The van der Waals surface area contributed by atoms with E-state index < -0.39 is 10.5 Å². The smallest absolute Gasteiger partial charge is 0.345 e. The van der Waals surface area contributed by atoms with E-state index in [1.165, 1.54) is 41.9 Å². The topological polar surface area (TPSA) is 123 Å². The monoisotopic (exact) mass is 391 g/mol. The van der Waals surface area contributed by atoms with Crippen LogP contribution in [0.2, 0.25) is 0 Å². The molecule has 0 atom stereocenters. The first kappa shape index (κ1) is 17.4. The Kier molecular flexibility index (Phi) is 4.31. The maximum absolute atomic E-state index is 12.3. The van der Waals surface area contributed by atoms with Gasteiger partial charge < -0.3 is 8.83 Å². The lowest BCUT2D eigenvalue weighted by atomic mass is 10.1. The van der Waals surface area contributed by atoms with E-state index in [1.807, 2.05) is 0 Å². The van der Waals surface area contributed by atoms with Crippen molar-refractivity contribution < 1.29 is 13.8 Å². The normalized spacial score (nSPS) is 11.5. The fraction of sp³-hybridized carbons (Fsp3) is 0. The first-order valence-corrected chi connectivity index (χ1v) is 8.77. The van der Waals surface area contributed by atoms with Gasteiger partial charge in [0.2, 0.25) is 0 Å². The van der Waals surface area contributed by atoms with Gasteiger partial charge in [-0.15, -0.1) is 11.3 Å². The lowest BCUT2D eigenvalue weighted by molar-refractivity contribution is -0.384. The molecule has 0 unspecified atom stereocenters. The number of furan rings is 1. The van der Waals surface area contributed by atoms with Crippen molar-refractivity contribution in [3.05, 3.63) is 79.3 Å². The summed E-state index contributed by atoms with van der Waals surface area (Å²) in [7, 11) is 0. The second-order valence-electron chi connectivity index (χ2n) is 5.65. The SMILES string of the molecule is N#CC(=Cc1ccco1)c1nc(-c2cc3cc([N+](=O)[O-])ccc3oc2=O)cs1. The highest BCUT2D eigenvalue weighted by Gasteiger charge is 2.15. The first-order chi connectivity index (χ1) is 13.5. The van der Waals surface area contributed by atoms with Gasteiger partial charge in [-0.05, 0) is 24.3 Å². The molecule has 0 N–H and O–H groups in total. The molecule has 9 heteroatoms. The number of aromatic nitrogens is 1. The average molecular weight is 391 g/mol. The molecule has 8 nitrogen and oxygen atoms in total. The molecular formula is C19H9N3O5S. The second kappa shape index (κ2) is 6.94. The van der Waals surface area contributed by atoms with Crippen LogP contribution >= 0.6 is 11.3 Å². The Morgan fingerprint density at radius 2 is 2.18 bits per heavy atom. The van der Waals surface area contributed by atoms with Gasteiger partial charge in [0.15, 0.2) is 0 Å². The molecule has 0 aliphatic heterocycles. The number of nitriles is 1. The number of nitrogens with zero attached hydrogens (tertiary/aromatic N) is 3. The predicted molar refractivity (Wildman–Crippen MR) is 102 cm³/mol. The lowest BCUT2D eigenvalue weighted by Gasteiger charge is -2.00. The zero-order valence-electron chi connectivity index (χ0n) is 14.0. The van der Waals surface area contributed by atoms with E-state index in [9.17, 15) is 20.2 Å². The largest absolute Gasteiger partial charge is 0.465 e. The molecule has 28 heavy (non-hydrogen) atoms. The summed E-state index contributed by atoms with van der Waals surface area (Å²) in [4.78, 5) is 27.1. The number of rotatable bonds is 4. The van der Waals surface area contributed by atoms with E-state index in [1.54, 1.807) is 23.6 Å². The molecule has 0 amide bonds. The molecule has 0 aliphatic carbocycles. The summed E-state index contributed by atoms with van der Waals surface area (Å²) in [5.74, 6) is 0.505. The fourth-order valence-electron chi connectivity index (χ4n) is 2.58. The maximum atomic E-state index is 12.3. The van der Waals surface area contributed by atoms with Crippen LogP contribution in [0.3, 0.4) is 0 Å². The van der Waals surface area contributed by atoms with Gasteiger partial charge in [0.25, 0.3) is 5.69 Å². The molecule has 0 radical (unpaired) electrons. The van der Waals surface area contributed by atoms with Gasteiger partial charge in [-0.2, -0.15) is 5.26 Å². The summed E-state index contributed by atoms with van der Waals surface area (Å²) < 4.78 is 10.5. The summed E-state index contributed by atoms with van der Waals surface area (Å²) in [5.41, 5.74) is 0.275. The van der Waals surface area contributed by atoms with Crippen molar-refractivity contribution in [3.63, 3.8) is 0 Å². The van der Waals surface area contributed by atoms with E-state index in [0.717, 1.165) is 0 Å². The van der Waals surface area contributed by atoms with Crippen molar-refractivity contribution in [2.45, 2.75) is 0 Å². The van der Waals surface area contributed by atoms with Crippen molar-refractivity contribution in [2.24, 2.45) is 0 Å². The Morgan fingerprint density at radius 1 is 1.32 bits per heavy atom. The standard InChI is InChI=1S/C19H9N3O5S/c20-9-12(7-14-2-1-5-26-14)18-21-16(10-28-18)15-8-11-6-13(22(24)25)3-4-17(11)27-19(15)23/h1-8,10H. The number of hydrogen-bond acceptors (Lipinski definition) is 8. The van der Waals surface area contributed by atoms with Gasteiger partial charge in [0.1, 0.15) is 22.4 Å². The van der Waals surface area contributed by atoms with E-state index in [4.69, 9.17) is 8.83 Å². The highest BCUT2D eigenvalue weighted by atomic mass is 32.1. The molecule has 3 heterocycles. The first-order valence-electron chi connectivity index (χ1n) is 7.89. The number of thiazole rings is 1. The number of nitro groups is 1. The zero-order chi connectivity index (χ0) is 19.7. The minimum Gasteiger partial charge on any atom is -0.465 e. The third kappa shape index (κ3) is 3.20. The zero-order valence-corrected chi connectivity index (χ0v) is 14.8. The Labute approximate surface area is 160 Å². The van der Waals surface area contributed by atoms with Gasteiger partial charge in [0.05, 0.1) is 28.0 Å². The van der Waals surface area contributed by atoms with Crippen molar-refractivity contribution in [1.29, 1.82) is 5.26 Å². The Balaban J connectivity index is 1.78. The van der Waals surface area contributed by atoms with Gasteiger partial charge in [0, 0.05) is 29.0 Å². The van der Waals surface area contributed by atoms with E-state index >= 15 is 0 Å². The Hall–Kier alpha value is -4.03. The maximum Gasteiger partial charge on any atom is 0.345 e. The van der Waals surface area contributed by atoms with Crippen molar-refractivity contribution in [2.75, 3.05) is 0 Å². The molecule has 3 aromatic heterocycles. The van der Waals surface area contributed by atoms with Crippen molar-refractivity contribution >= 4 is 39.6 Å². The van der Waals surface area contributed by atoms with Gasteiger partial charge in [-0.25, -0.2) is 9.78 Å². The predicted octanol–water partition coefficient (Wildman–Crippen LogP) is 4.48. The van der Waals surface area contributed by atoms with E-state index in [0.29, 0.717) is 21.8 Å². The summed E-state index contributed by atoms with van der Waals surface area (Å²) in [5, 5.41) is 22.8. The second-order valence-corrected chi connectivity index (χ2v) is 6.51. The Morgan fingerprint density at radius 3 is 2.89 bits per heavy atom. The summed E-state index contributed by atoms with van der Waals surface area (Å²) in [6.07, 6.45) is 3.04. The number of hydrogen-bond donors (Lipinski definition) is 0. The molecule has 0 saturated heterocycles. The summed E-state index contributed by atoms with van der Waals surface area (Å²) in [6, 6.07) is 10.9. The highest BCUT2D eigenvalue weighted by molar-refractivity contribution is 7.11. The molecule has 0 bridgehead atoms. The van der Waals surface area contributed by atoms with Crippen LogP contribution in [0.25, 0.3) is 33.9 Å². The van der Waals surface area contributed by atoms with Crippen molar-refractivity contribution in [1.82, 2.24) is 4.98 Å². The van der Waals surface area contributed by atoms with Gasteiger partial charge in [-0.1, -0.05) is 0 Å². The number of fused-ring (bicyclic) bond motifs is 1. The number of allylic oxidation sites excluding steroid dienone is 1. The minimum absolute atomic E-state index is 0.112. The number of nitro benzene ring substituents is 1. The average Bonchev–Trinajstić information content (AvgIpc) is 3.37. The molecule has 0 fully saturated rings. The highest BCUT2D eigenvalue weighted by Crippen LogP contribution is 2.28. The summed E-state index contributed by atoms with van der Waals surface area (Å²) >= 11 is 1.19. The van der Waals surface area contributed by atoms with Crippen LogP contribution in [0.4, 0.5) is 5.69 Å². The van der Waals surface area contributed by atoms with Gasteiger partial charge >= 0.3 is 5.63 Å². The van der Waals surface area contributed by atoms with Gasteiger partial charge in [-0.3, -0.25) is 10.1 Å². The Bertz CT molecular complexity index is 1330. The van der Waals surface area contributed by atoms with Crippen LogP contribution in [0, 0.1) is 21.4 Å². The summed E-state index contributed by atoms with van der Waals surface area (Å²) in [6.45, 7) is 0.